The number of carbonyl (C=O) groups excluding carboxylic acids is 1. The van der Waals surface area contributed by atoms with Gasteiger partial charge >= 0.3 is 29.6 Å². The maximum atomic E-state index is 12.5. The average Bonchev–Trinajstić information content (AvgIpc) is 3.60. The Morgan fingerprint density at radius 2 is 1.98 bits per heavy atom. The molecule has 26 heteroatoms. The molecule has 0 bridgehead atoms. The number of rotatable bonds is 21. The second kappa shape index (κ2) is 18.9. The van der Waals surface area contributed by atoms with E-state index in [2.05, 4.69) is 34.8 Å². The zero-order chi connectivity index (χ0) is 38.0. The molecule has 3 rings (SSSR count). The van der Waals surface area contributed by atoms with E-state index in [1.54, 1.807) is 0 Å². The number of hydrogen-bond acceptors (Lipinski definition) is 16. The van der Waals surface area contributed by atoms with Crippen LogP contribution in [-0.2, 0) is 41.1 Å². The lowest BCUT2D eigenvalue weighted by atomic mass is 10.1. The van der Waals surface area contributed by atoms with Crippen LogP contribution in [0.4, 0.5) is 10.7 Å². The van der Waals surface area contributed by atoms with Crippen LogP contribution in [0.3, 0.4) is 0 Å². The molecule has 1 saturated heterocycles. The number of aromatic amines is 1. The number of amides is 1. The summed E-state index contributed by atoms with van der Waals surface area (Å²) in [5, 5.41) is 2.78. The number of alkyl carbamates (subject to hydrolysis) is 1. The molecule has 1 fully saturated rings. The smallest absolute Gasteiger partial charge is 0.446 e. The number of nitrogens with two attached hydrogens (primary N) is 1. The van der Waals surface area contributed by atoms with Crippen molar-refractivity contribution in [2.75, 3.05) is 24.8 Å². The summed E-state index contributed by atoms with van der Waals surface area (Å²) >= 11 is 0. The minimum absolute atomic E-state index is 0.0360. The van der Waals surface area contributed by atoms with Gasteiger partial charge in [-0.15, -0.1) is 12.3 Å². The molecular formula is C25H41N6O15P3S2. The van der Waals surface area contributed by atoms with E-state index in [0.717, 1.165) is 19.3 Å². The van der Waals surface area contributed by atoms with E-state index in [4.69, 9.17) is 40.7 Å². The van der Waals surface area contributed by atoms with Gasteiger partial charge < -0.3 is 44.8 Å². The standard InChI is InChI=1S/C25H41N6O15P3S2/c1-5-7-8-10-16(9-6-2)43-24(33)27-13-25(3,4)51-50-15-41-17-11-19(31-14-28-20-21(31)29-23(26)30-22(20)32)44-18(17)12-42-48(37,38)46-49(39,40)45-47(34,35)36/h1,14,16-19H,6-13,15H2,2-4H3,(H,27,33)(H,37,38)(H,39,40)(H2,34,35,36)(H3,26,29,30,32)/t16?,17-,18-,19-/m1/s1. The van der Waals surface area contributed by atoms with E-state index in [9.17, 15) is 33.1 Å². The van der Waals surface area contributed by atoms with Crippen molar-refractivity contribution in [3.8, 4) is 12.3 Å². The molecule has 1 aliphatic heterocycles. The maximum absolute atomic E-state index is 12.5. The van der Waals surface area contributed by atoms with Gasteiger partial charge in [0.1, 0.15) is 24.4 Å². The highest BCUT2D eigenvalue weighted by Gasteiger charge is 2.44. The third-order valence-corrected chi connectivity index (χ3v) is 13.5. The monoisotopic (exact) mass is 822 g/mol. The number of fused-ring (bicyclic) bond motifs is 1. The van der Waals surface area contributed by atoms with Gasteiger partial charge in [0, 0.05) is 24.1 Å². The Kier molecular flexibility index (Phi) is 16.1. The van der Waals surface area contributed by atoms with Crippen molar-refractivity contribution in [1.29, 1.82) is 0 Å². The van der Waals surface area contributed by atoms with Crippen molar-refractivity contribution in [1.82, 2.24) is 24.8 Å². The van der Waals surface area contributed by atoms with Crippen LogP contribution in [0.15, 0.2) is 11.1 Å². The molecule has 51 heavy (non-hydrogen) atoms. The van der Waals surface area contributed by atoms with E-state index >= 15 is 0 Å². The predicted molar refractivity (Wildman–Crippen MR) is 186 cm³/mol. The number of nitrogens with zero attached hydrogens (tertiary/aromatic N) is 3. The van der Waals surface area contributed by atoms with Crippen molar-refractivity contribution in [2.24, 2.45) is 0 Å². The number of phosphoric ester groups is 1. The van der Waals surface area contributed by atoms with E-state index in [1.165, 1.54) is 32.5 Å². The Labute approximate surface area is 300 Å². The predicted octanol–water partition coefficient (Wildman–Crippen LogP) is 3.53. The summed E-state index contributed by atoms with van der Waals surface area (Å²) in [6.07, 6.45) is 6.53. The van der Waals surface area contributed by atoms with Crippen LogP contribution in [-0.4, -0.2) is 87.3 Å². The van der Waals surface area contributed by atoms with Crippen LogP contribution in [0, 0.1) is 12.3 Å². The minimum atomic E-state index is -5.75. The average molecular weight is 823 g/mol. The fourth-order valence-electron chi connectivity index (χ4n) is 4.64. The van der Waals surface area contributed by atoms with Crippen molar-refractivity contribution in [3.05, 3.63) is 16.7 Å². The normalized spacial score (nSPS) is 21.1. The number of ether oxygens (including phenoxy) is 3. The molecule has 1 amide bonds. The zero-order valence-electron chi connectivity index (χ0n) is 27.7. The Morgan fingerprint density at radius 3 is 2.65 bits per heavy atom. The lowest BCUT2D eigenvalue weighted by Gasteiger charge is -2.25. The third kappa shape index (κ3) is 14.7. The van der Waals surface area contributed by atoms with E-state index in [0.29, 0.717) is 12.8 Å². The molecule has 8 N–H and O–H groups in total. The number of anilines is 1. The van der Waals surface area contributed by atoms with Gasteiger partial charge in [-0.05, 0) is 33.1 Å². The Hall–Kier alpha value is -1.99. The largest absolute Gasteiger partial charge is 0.490 e. The first-order chi connectivity index (χ1) is 23.7. The Bertz CT molecular complexity index is 1730. The molecule has 0 aliphatic carbocycles. The maximum Gasteiger partial charge on any atom is 0.490 e. The van der Waals surface area contributed by atoms with Gasteiger partial charge in [0.2, 0.25) is 5.95 Å². The summed E-state index contributed by atoms with van der Waals surface area (Å²) in [5.41, 5.74) is 5.11. The SMILES string of the molecule is C#CCCCC(CCC)OC(=O)NCC(C)(C)SSCO[C@@H]1C[C@H](n2cnc3c(=O)[nH]c(N)nc32)O[C@@H]1COP(=O)(O)OP(=O)(O)OP(=O)(O)O. The minimum Gasteiger partial charge on any atom is -0.446 e. The van der Waals surface area contributed by atoms with Crippen molar-refractivity contribution in [2.45, 2.75) is 88.6 Å². The molecule has 6 atom stereocenters. The molecule has 0 spiro atoms. The quantitative estimate of drug-likeness (QED) is 0.0311. The second-order valence-corrected chi connectivity index (χ2v) is 18.9. The summed E-state index contributed by atoms with van der Waals surface area (Å²) < 4.78 is 65.9. The van der Waals surface area contributed by atoms with Crippen LogP contribution >= 0.6 is 45.1 Å². The number of unbranched alkanes of at least 4 members (excludes halogenated alkanes) is 1. The molecular weight excluding hydrogens is 781 g/mol. The van der Waals surface area contributed by atoms with Crippen LogP contribution in [0.1, 0.15) is 65.5 Å². The summed E-state index contributed by atoms with van der Waals surface area (Å²) in [6, 6.07) is 0. The van der Waals surface area contributed by atoms with Gasteiger partial charge in [-0.2, -0.15) is 13.6 Å². The van der Waals surface area contributed by atoms with Crippen molar-refractivity contribution in [3.63, 3.8) is 0 Å². The highest BCUT2D eigenvalue weighted by atomic mass is 33.1. The molecule has 1 aliphatic rings. The lowest BCUT2D eigenvalue weighted by molar-refractivity contribution is -0.0522. The Balaban J connectivity index is 1.62. The molecule has 2 aromatic rings. The number of nitrogens with one attached hydrogen (secondary N) is 2. The number of hydrogen-bond donors (Lipinski definition) is 7. The molecule has 288 valence electrons. The number of carbonyl (C=O) groups is 1. The van der Waals surface area contributed by atoms with Gasteiger partial charge in [-0.3, -0.25) is 18.9 Å². The second-order valence-electron chi connectivity index (χ2n) is 11.6. The molecule has 0 radical (unpaired) electrons. The summed E-state index contributed by atoms with van der Waals surface area (Å²) in [7, 11) is -14.1. The highest BCUT2D eigenvalue weighted by molar-refractivity contribution is 8.77. The topological polar surface area (TPSA) is 306 Å². The number of nitrogen functional groups attached to an aromatic ring is 1. The third-order valence-electron chi connectivity index (χ3n) is 6.76. The van der Waals surface area contributed by atoms with Crippen LogP contribution in [0.5, 0.6) is 0 Å². The number of H-pyrrole nitrogens is 1. The number of terminal acetylenes is 1. The molecule has 0 aromatic carbocycles. The first-order valence-electron chi connectivity index (χ1n) is 15.2. The van der Waals surface area contributed by atoms with Crippen LogP contribution in [0.2, 0.25) is 0 Å². The number of phosphoric acid groups is 3. The van der Waals surface area contributed by atoms with E-state index in [-0.39, 0.29) is 42.1 Å². The molecule has 0 saturated carbocycles. The molecule has 3 heterocycles. The van der Waals surface area contributed by atoms with Crippen LogP contribution in [0.25, 0.3) is 11.2 Å². The van der Waals surface area contributed by atoms with Crippen LogP contribution < -0.4 is 16.6 Å². The van der Waals surface area contributed by atoms with Gasteiger partial charge in [0.05, 0.1) is 19.0 Å². The summed E-state index contributed by atoms with van der Waals surface area (Å²) in [4.78, 5) is 72.2. The van der Waals surface area contributed by atoms with Gasteiger partial charge in [-0.25, -0.2) is 23.5 Å². The first kappa shape index (κ1) is 43.4. The Morgan fingerprint density at radius 1 is 1.25 bits per heavy atom. The van der Waals surface area contributed by atoms with E-state index in [1.807, 2.05) is 20.8 Å². The van der Waals surface area contributed by atoms with E-state index < -0.39 is 64.9 Å². The first-order valence-corrected chi connectivity index (χ1v) is 22.0. The fourth-order valence-corrected chi connectivity index (χ4v) is 9.85. The zero-order valence-corrected chi connectivity index (χ0v) is 32.0. The van der Waals surface area contributed by atoms with Gasteiger partial charge in [-0.1, -0.05) is 34.9 Å². The van der Waals surface area contributed by atoms with Gasteiger partial charge in [0.15, 0.2) is 11.2 Å². The summed E-state index contributed by atoms with van der Waals surface area (Å²) in [5.74, 6) is 2.42. The summed E-state index contributed by atoms with van der Waals surface area (Å²) in [6.45, 7) is 5.26. The molecule has 3 unspecified atom stereocenters. The number of aromatic nitrogens is 4. The molecule has 2 aromatic heterocycles. The van der Waals surface area contributed by atoms with Gasteiger partial charge in [0.25, 0.3) is 5.56 Å². The molecule has 21 nitrogen and oxygen atoms in total. The number of imidazole rings is 1. The van der Waals surface area contributed by atoms with Crippen molar-refractivity contribution < 1.29 is 65.4 Å². The van der Waals surface area contributed by atoms with Crippen molar-refractivity contribution >= 4 is 68.3 Å². The lowest BCUT2D eigenvalue weighted by Crippen LogP contribution is -2.37. The highest BCUT2D eigenvalue weighted by Crippen LogP contribution is 2.66. The fraction of sp³-hybridized carbons (Fsp3) is 0.680.